The molecule has 1 atom stereocenters. The van der Waals surface area contributed by atoms with E-state index in [0.717, 1.165) is 29.0 Å². The zero-order chi connectivity index (χ0) is 19.1. The van der Waals surface area contributed by atoms with Crippen molar-refractivity contribution >= 4 is 34.8 Å². The highest BCUT2D eigenvalue weighted by atomic mass is 35.5. The summed E-state index contributed by atoms with van der Waals surface area (Å²) >= 11 is 0. The molecule has 0 N–H and O–H groups in total. The highest BCUT2D eigenvalue weighted by Gasteiger charge is 2.36. The first-order valence-electron chi connectivity index (χ1n) is 9.44. The molecule has 2 heterocycles. The highest BCUT2D eigenvalue weighted by molar-refractivity contribution is 5.85. The molecule has 29 heavy (non-hydrogen) atoms. The van der Waals surface area contributed by atoms with E-state index in [9.17, 15) is 0 Å². The van der Waals surface area contributed by atoms with Gasteiger partial charge in [0, 0.05) is 25.0 Å². The van der Waals surface area contributed by atoms with Crippen LogP contribution in [0.15, 0.2) is 83.3 Å². The third-order valence-corrected chi connectivity index (χ3v) is 5.43. The van der Waals surface area contributed by atoms with Gasteiger partial charge in [-0.3, -0.25) is 0 Å². The summed E-state index contributed by atoms with van der Waals surface area (Å²) in [5.41, 5.74) is 4.55. The molecule has 0 spiro atoms. The van der Waals surface area contributed by atoms with Crippen LogP contribution in [0.25, 0.3) is 11.0 Å². The standard InChI is InChI=1S/C24H22N2O2.ClH/c1-25-20-10-6-7-11-21(20)26(16-17-8-4-3-5-9-17)24(25)23-14-18-12-13-19(27-2)15-22(18)28-23;/h3-15,24H,16H2,1-2H3;1H. The molecule has 148 valence electrons. The summed E-state index contributed by atoms with van der Waals surface area (Å²) in [6, 6.07) is 27.2. The molecular formula is C24H23ClN2O2. The predicted molar refractivity (Wildman–Crippen MR) is 120 cm³/mol. The molecule has 0 saturated heterocycles. The van der Waals surface area contributed by atoms with E-state index < -0.39 is 0 Å². The number of benzene rings is 3. The molecule has 0 saturated carbocycles. The van der Waals surface area contributed by atoms with Crippen LogP contribution in [0.3, 0.4) is 0 Å². The summed E-state index contributed by atoms with van der Waals surface area (Å²) in [5.74, 6) is 1.73. The van der Waals surface area contributed by atoms with Gasteiger partial charge < -0.3 is 19.0 Å². The summed E-state index contributed by atoms with van der Waals surface area (Å²) < 4.78 is 11.6. The Balaban J connectivity index is 0.00000205. The van der Waals surface area contributed by atoms with Crippen LogP contribution in [0, 0.1) is 0 Å². The molecular weight excluding hydrogens is 384 g/mol. The SMILES string of the molecule is COc1ccc2cc(C3N(C)c4ccccc4N3Cc3ccccc3)oc2c1.Cl. The van der Waals surface area contributed by atoms with Crippen LogP contribution in [0.1, 0.15) is 17.5 Å². The van der Waals surface area contributed by atoms with E-state index in [4.69, 9.17) is 9.15 Å². The molecule has 0 radical (unpaired) electrons. The van der Waals surface area contributed by atoms with Crippen LogP contribution in [-0.2, 0) is 6.54 Å². The molecule has 5 rings (SSSR count). The van der Waals surface area contributed by atoms with Gasteiger partial charge in [0.05, 0.1) is 18.5 Å². The lowest BCUT2D eigenvalue weighted by molar-refractivity contribution is 0.413. The first-order valence-corrected chi connectivity index (χ1v) is 9.44. The zero-order valence-electron chi connectivity index (χ0n) is 16.4. The van der Waals surface area contributed by atoms with Gasteiger partial charge in [-0.15, -0.1) is 12.4 Å². The molecule has 0 fully saturated rings. The molecule has 1 aromatic heterocycles. The van der Waals surface area contributed by atoms with Crippen molar-refractivity contribution in [3.8, 4) is 5.75 Å². The third kappa shape index (κ3) is 3.30. The van der Waals surface area contributed by atoms with Gasteiger partial charge in [-0.1, -0.05) is 42.5 Å². The largest absolute Gasteiger partial charge is 0.497 e. The lowest BCUT2D eigenvalue weighted by atomic mass is 10.2. The minimum Gasteiger partial charge on any atom is -0.497 e. The smallest absolute Gasteiger partial charge is 0.162 e. The van der Waals surface area contributed by atoms with E-state index >= 15 is 0 Å². The summed E-state index contributed by atoms with van der Waals surface area (Å²) in [6.07, 6.45) is -0.00370. The molecule has 0 bridgehead atoms. The Bertz CT molecular complexity index is 1130. The number of halogens is 1. The summed E-state index contributed by atoms with van der Waals surface area (Å²) in [7, 11) is 3.80. The minimum atomic E-state index is -0.00370. The highest BCUT2D eigenvalue weighted by Crippen LogP contribution is 2.47. The molecule has 3 aromatic carbocycles. The number of nitrogens with zero attached hydrogens (tertiary/aromatic N) is 2. The van der Waals surface area contributed by atoms with E-state index in [1.807, 2.05) is 18.2 Å². The number of anilines is 2. The lowest BCUT2D eigenvalue weighted by Crippen LogP contribution is -2.32. The molecule has 4 aromatic rings. The third-order valence-electron chi connectivity index (χ3n) is 5.43. The molecule has 1 unspecified atom stereocenters. The van der Waals surface area contributed by atoms with E-state index in [0.29, 0.717) is 0 Å². The van der Waals surface area contributed by atoms with Gasteiger partial charge in [-0.05, 0) is 35.9 Å². The first kappa shape index (κ1) is 19.2. The number of para-hydroxylation sites is 2. The molecule has 0 aliphatic carbocycles. The Labute approximate surface area is 176 Å². The predicted octanol–water partition coefficient (Wildman–Crippen LogP) is 6.02. The molecule has 1 aliphatic rings. The van der Waals surface area contributed by atoms with Gasteiger partial charge in [0.15, 0.2) is 6.17 Å². The zero-order valence-corrected chi connectivity index (χ0v) is 17.2. The van der Waals surface area contributed by atoms with Crippen molar-refractivity contribution in [3.05, 3.63) is 90.2 Å². The molecule has 1 aliphatic heterocycles. The van der Waals surface area contributed by atoms with E-state index in [1.165, 1.54) is 16.9 Å². The van der Waals surface area contributed by atoms with Crippen molar-refractivity contribution in [2.24, 2.45) is 0 Å². The average molecular weight is 407 g/mol. The van der Waals surface area contributed by atoms with Gasteiger partial charge in [0.25, 0.3) is 0 Å². The number of rotatable bonds is 4. The Morgan fingerprint density at radius 1 is 0.897 bits per heavy atom. The number of hydrogen-bond donors (Lipinski definition) is 0. The second-order valence-corrected chi connectivity index (χ2v) is 7.14. The number of furan rings is 1. The summed E-state index contributed by atoms with van der Waals surface area (Å²) in [4.78, 5) is 4.69. The molecule has 5 heteroatoms. The monoisotopic (exact) mass is 406 g/mol. The van der Waals surface area contributed by atoms with Crippen molar-refractivity contribution in [2.45, 2.75) is 12.7 Å². The Morgan fingerprint density at radius 2 is 1.62 bits per heavy atom. The van der Waals surface area contributed by atoms with Gasteiger partial charge in [0.2, 0.25) is 0 Å². The minimum absolute atomic E-state index is 0. The van der Waals surface area contributed by atoms with Crippen LogP contribution < -0.4 is 14.5 Å². The molecule has 4 nitrogen and oxygen atoms in total. The number of fused-ring (bicyclic) bond motifs is 2. The van der Waals surface area contributed by atoms with Crippen molar-refractivity contribution in [1.29, 1.82) is 0 Å². The fourth-order valence-corrected chi connectivity index (χ4v) is 4.06. The second-order valence-electron chi connectivity index (χ2n) is 7.14. The van der Waals surface area contributed by atoms with E-state index in [-0.39, 0.29) is 18.6 Å². The van der Waals surface area contributed by atoms with Crippen molar-refractivity contribution in [1.82, 2.24) is 0 Å². The van der Waals surface area contributed by atoms with Gasteiger partial charge >= 0.3 is 0 Å². The fourth-order valence-electron chi connectivity index (χ4n) is 4.06. The van der Waals surface area contributed by atoms with Crippen LogP contribution in [0.4, 0.5) is 11.4 Å². The topological polar surface area (TPSA) is 28.9 Å². The van der Waals surface area contributed by atoms with Crippen molar-refractivity contribution < 1.29 is 9.15 Å². The maximum atomic E-state index is 6.30. The summed E-state index contributed by atoms with van der Waals surface area (Å²) in [5, 5.41) is 1.08. The van der Waals surface area contributed by atoms with Crippen LogP contribution in [0.5, 0.6) is 5.75 Å². The second kappa shape index (κ2) is 7.72. The van der Waals surface area contributed by atoms with E-state index in [1.54, 1.807) is 7.11 Å². The Hall–Kier alpha value is -3.11. The first-order chi connectivity index (χ1) is 13.7. The number of hydrogen-bond acceptors (Lipinski definition) is 4. The average Bonchev–Trinajstić information content (AvgIpc) is 3.27. The maximum Gasteiger partial charge on any atom is 0.162 e. The van der Waals surface area contributed by atoms with Crippen molar-refractivity contribution in [2.75, 3.05) is 24.0 Å². The maximum absolute atomic E-state index is 6.30. The Kier molecular flexibility index (Phi) is 5.12. The quantitative estimate of drug-likeness (QED) is 0.414. The molecule has 0 amide bonds. The van der Waals surface area contributed by atoms with E-state index in [2.05, 4.69) is 77.5 Å². The van der Waals surface area contributed by atoms with Crippen molar-refractivity contribution in [3.63, 3.8) is 0 Å². The number of ether oxygens (including phenoxy) is 1. The van der Waals surface area contributed by atoms with Gasteiger partial charge in [0.1, 0.15) is 17.1 Å². The van der Waals surface area contributed by atoms with Crippen LogP contribution >= 0.6 is 12.4 Å². The van der Waals surface area contributed by atoms with Crippen LogP contribution in [0.2, 0.25) is 0 Å². The number of methoxy groups -OCH3 is 1. The van der Waals surface area contributed by atoms with Gasteiger partial charge in [-0.25, -0.2) is 0 Å². The lowest BCUT2D eigenvalue weighted by Gasteiger charge is -2.29. The van der Waals surface area contributed by atoms with Crippen LogP contribution in [-0.4, -0.2) is 14.2 Å². The fraction of sp³-hybridized carbons (Fsp3) is 0.167. The summed E-state index contributed by atoms with van der Waals surface area (Å²) in [6.45, 7) is 0.813. The Morgan fingerprint density at radius 3 is 2.38 bits per heavy atom. The van der Waals surface area contributed by atoms with Gasteiger partial charge in [-0.2, -0.15) is 0 Å². The normalized spacial score (nSPS) is 15.3.